The first-order valence-electron chi connectivity index (χ1n) is 45.2. The lowest BCUT2D eigenvalue weighted by Gasteiger charge is -2.04. The van der Waals surface area contributed by atoms with Crippen LogP contribution in [0.25, 0.3) is 264 Å². The molecule has 0 unspecified atom stereocenters. The highest BCUT2D eigenvalue weighted by molar-refractivity contribution is 6.22. The van der Waals surface area contributed by atoms with Gasteiger partial charge in [-0.15, -0.1) is 0 Å². The van der Waals surface area contributed by atoms with Gasteiger partial charge >= 0.3 is 0 Å². The summed E-state index contributed by atoms with van der Waals surface area (Å²) in [6.45, 7) is 0. The summed E-state index contributed by atoms with van der Waals surface area (Å²) in [5.74, 6) is 0. The second-order valence-corrected chi connectivity index (χ2v) is 34.5. The van der Waals surface area contributed by atoms with Crippen LogP contribution in [0.1, 0.15) is 0 Å². The summed E-state index contributed by atoms with van der Waals surface area (Å²) in [6, 6.07) is 178. The molecule has 0 heterocycles. The van der Waals surface area contributed by atoms with E-state index >= 15 is 0 Å². The zero-order valence-electron chi connectivity index (χ0n) is 71.3. The topological polar surface area (TPSA) is 0 Å². The van der Waals surface area contributed by atoms with Crippen LogP contribution in [-0.2, 0) is 0 Å². The SMILES string of the molecule is c1ccc2c(c1)-c1cccc3cccc-2c13.c1ccc2c(c1)-c1cccc3cccc-2c13.c1ccc2c(c1)-c1cccc3cccc-2c13.c1ccc2c(c1)-c1cccc3cccc-2c13.c1ccc2c(c1)-c1cccc3cccc-2c13.c1ccc2c(c1)-c1cccc3cccc-2c13.c1ccc2c(c1)-c1cccc3cccc-2c13.c1ccc2cc3cc4ccccc4cc3cc2c1. The maximum absolute atomic E-state index is 2.27. The first-order chi connectivity index (χ1) is 64.5. The van der Waals surface area contributed by atoms with E-state index in [-0.39, 0.29) is 0 Å². The van der Waals surface area contributed by atoms with E-state index in [1.165, 1.54) is 264 Å². The zero-order valence-corrected chi connectivity index (χ0v) is 71.3. The van der Waals surface area contributed by atoms with Crippen LogP contribution in [0.5, 0.6) is 0 Å². The normalized spacial score (nSPS) is 11.7. The summed E-state index contributed by atoms with van der Waals surface area (Å²) >= 11 is 0. The number of benzene rings is 25. The highest BCUT2D eigenvalue weighted by atomic mass is 14.3. The van der Waals surface area contributed by atoms with Gasteiger partial charge in [0.25, 0.3) is 0 Å². The van der Waals surface area contributed by atoms with Crippen molar-refractivity contribution in [3.63, 3.8) is 0 Å². The van der Waals surface area contributed by atoms with E-state index in [0.717, 1.165) is 0 Å². The molecule has 0 heteroatoms. The third kappa shape index (κ3) is 12.7. The Morgan fingerprint density at radius 2 is 0.146 bits per heavy atom. The van der Waals surface area contributed by atoms with Gasteiger partial charge in [0.15, 0.2) is 0 Å². The van der Waals surface area contributed by atoms with Crippen molar-refractivity contribution in [3.8, 4) is 156 Å². The van der Waals surface area contributed by atoms with E-state index in [1.807, 2.05) is 0 Å². The Balaban J connectivity index is 0.0000000802. The Morgan fingerprint density at radius 1 is 0.0615 bits per heavy atom. The Hall–Kier alpha value is -16.9. The minimum Gasteiger partial charge on any atom is -0.0616 e. The van der Waals surface area contributed by atoms with E-state index in [1.54, 1.807) is 0 Å². The van der Waals surface area contributed by atoms with Crippen LogP contribution >= 0.6 is 0 Å². The molecule has 25 aromatic carbocycles. The van der Waals surface area contributed by atoms with Crippen LogP contribution < -0.4 is 0 Å². The molecule has 7 aliphatic carbocycles. The summed E-state index contributed by atoms with van der Waals surface area (Å²) in [4.78, 5) is 0. The first kappa shape index (κ1) is 75.6. The van der Waals surface area contributed by atoms with Crippen molar-refractivity contribution in [2.45, 2.75) is 0 Å². The lowest BCUT2D eigenvalue weighted by atomic mass is 10.00. The number of fused-ring (bicyclic) bond motifs is 24. The molecule has 0 atom stereocenters. The van der Waals surface area contributed by atoms with Gasteiger partial charge in [0, 0.05) is 0 Å². The molecule has 0 bridgehead atoms. The average Bonchev–Trinajstić information content (AvgIpc) is 1.60. The monoisotopic (exact) mass is 1640 g/mol. The first-order valence-corrected chi connectivity index (χ1v) is 45.2. The van der Waals surface area contributed by atoms with Gasteiger partial charge < -0.3 is 0 Å². The van der Waals surface area contributed by atoms with E-state index < -0.39 is 0 Å². The summed E-state index contributed by atoms with van der Waals surface area (Å²) in [5, 5.41) is 27.1. The molecule has 0 spiro atoms. The van der Waals surface area contributed by atoms with Crippen molar-refractivity contribution in [2.24, 2.45) is 0 Å². The van der Waals surface area contributed by atoms with E-state index in [9.17, 15) is 0 Å². The molecule has 130 heavy (non-hydrogen) atoms. The standard InChI is InChI=1S/C18H12.7C16H10/c1-2-6-14-10-18-12-16-8-4-3-7-15(16)11-17(18)9-13(14)5-1;7*1-2-8-13-12(7-1)14-9-3-5-11-6-4-10-15(13)16(11)14/h1-12H;7*1-10H. The number of hydrogen-bond acceptors (Lipinski definition) is 0. The summed E-state index contributed by atoms with van der Waals surface area (Å²) in [6.07, 6.45) is 0. The second kappa shape index (κ2) is 31.6. The minimum absolute atomic E-state index is 1.31. The molecule has 0 amide bonds. The van der Waals surface area contributed by atoms with Crippen LogP contribution in [0.15, 0.2) is 497 Å². The summed E-state index contributed by atoms with van der Waals surface area (Å²) < 4.78 is 0. The summed E-state index contributed by atoms with van der Waals surface area (Å²) in [5.41, 5.74) is 38.5. The van der Waals surface area contributed by atoms with Crippen molar-refractivity contribution in [1.29, 1.82) is 0 Å². The van der Waals surface area contributed by atoms with Crippen molar-refractivity contribution < 1.29 is 0 Å². The Bertz CT molecular complexity index is 7150. The Morgan fingerprint density at radius 3 is 0.254 bits per heavy atom. The molecular weight excluding hydrogens is 1560 g/mol. The van der Waals surface area contributed by atoms with Crippen LogP contribution in [0.4, 0.5) is 0 Å². The van der Waals surface area contributed by atoms with Crippen LogP contribution in [-0.4, -0.2) is 0 Å². The molecule has 0 radical (unpaired) electrons. The molecule has 7 aliphatic rings. The summed E-state index contributed by atoms with van der Waals surface area (Å²) in [7, 11) is 0. The number of rotatable bonds is 0. The van der Waals surface area contributed by atoms with E-state index in [2.05, 4.69) is 497 Å². The molecule has 0 fully saturated rings. The second-order valence-electron chi connectivity index (χ2n) is 34.5. The molecule has 32 rings (SSSR count). The van der Waals surface area contributed by atoms with Gasteiger partial charge in [-0.3, -0.25) is 0 Å². The fourth-order valence-corrected chi connectivity index (χ4v) is 21.8. The van der Waals surface area contributed by atoms with Gasteiger partial charge in [-0.1, -0.05) is 473 Å². The molecule has 0 saturated heterocycles. The molecule has 0 saturated carbocycles. The lowest BCUT2D eigenvalue weighted by Crippen LogP contribution is -1.78. The molecule has 0 aromatic heterocycles. The van der Waals surface area contributed by atoms with Crippen molar-refractivity contribution >= 4 is 108 Å². The minimum atomic E-state index is 1.31. The van der Waals surface area contributed by atoms with E-state index in [0.29, 0.717) is 0 Å². The maximum Gasteiger partial charge on any atom is -0.00264 e. The largest absolute Gasteiger partial charge is 0.0616 e. The van der Waals surface area contributed by atoms with Crippen LogP contribution in [0.3, 0.4) is 0 Å². The Kier molecular flexibility index (Phi) is 18.4. The molecule has 25 aromatic rings. The van der Waals surface area contributed by atoms with Gasteiger partial charge in [-0.2, -0.15) is 0 Å². The third-order valence-electron chi connectivity index (χ3n) is 27.5. The fourth-order valence-electron chi connectivity index (χ4n) is 21.8. The lowest BCUT2D eigenvalue weighted by molar-refractivity contribution is 1.70. The zero-order chi connectivity index (χ0) is 85.7. The molecule has 0 nitrogen and oxygen atoms in total. The van der Waals surface area contributed by atoms with Crippen LogP contribution in [0.2, 0.25) is 0 Å². The van der Waals surface area contributed by atoms with Gasteiger partial charge in [-0.05, 0) is 288 Å². The quantitative estimate of drug-likeness (QED) is 0.133. The smallest absolute Gasteiger partial charge is 0.00264 e. The molecule has 0 N–H and O–H groups in total. The fraction of sp³-hybridized carbons (Fsp3) is 0. The number of hydrogen-bond donors (Lipinski definition) is 0. The van der Waals surface area contributed by atoms with Gasteiger partial charge in [0.1, 0.15) is 0 Å². The Labute approximate surface area is 755 Å². The van der Waals surface area contributed by atoms with Gasteiger partial charge in [0.2, 0.25) is 0 Å². The molecular formula is C130H82. The van der Waals surface area contributed by atoms with Gasteiger partial charge in [0.05, 0.1) is 0 Å². The van der Waals surface area contributed by atoms with Crippen molar-refractivity contribution in [3.05, 3.63) is 497 Å². The molecule has 602 valence electrons. The van der Waals surface area contributed by atoms with Crippen molar-refractivity contribution in [2.75, 3.05) is 0 Å². The van der Waals surface area contributed by atoms with E-state index in [4.69, 9.17) is 0 Å². The maximum atomic E-state index is 2.27. The molecule has 0 aliphatic heterocycles. The van der Waals surface area contributed by atoms with Crippen molar-refractivity contribution in [1.82, 2.24) is 0 Å². The predicted octanol–water partition coefficient (Wildman–Crippen LogP) is 36.6. The van der Waals surface area contributed by atoms with Gasteiger partial charge in [-0.25, -0.2) is 0 Å². The average molecular weight is 1640 g/mol. The third-order valence-corrected chi connectivity index (χ3v) is 27.5. The highest BCUT2D eigenvalue weighted by Gasteiger charge is 2.27. The highest BCUT2D eigenvalue weighted by Crippen LogP contribution is 2.54. The predicted molar refractivity (Wildman–Crippen MR) is 558 cm³/mol. The van der Waals surface area contributed by atoms with Crippen LogP contribution in [0, 0.1) is 0 Å².